The van der Waals surface area contributed by atoms with Crippen LogP contribution in [0.2, 0.25) is 19.6 Å². The first-order valence-electron chi connectivity index (χ1n) is 6.23. The topological polar surface area (TPSA) is 33.0 Å². The molecule has 1 aromatic rings. The average Bonchev–Trinajstić information content (AvgIpc) is 2.31. The van der Waals surface area contributed by atoms with Crippen molar-refractivity contribution in [2.75, 3.05) is 0 Å². The summed E-state index contributed by atoms with van der Waals surface area (Å²) in [6.07, 6.45) is -0.214. The van der Waals surface area contributed by atoms with Gasteiger partial charge in [0, 0.05) is 5.56 Å². The van der Waals surface area contributed by atoms with Crippen molar-refractivity contribution in [3.8, 4) is 6.07 Å². The summed E-state index contributed by atoms with van der Waals surface area (Å²) in [6, 6.07) is 9.67. The zero-order valence-electron chi connectivity index (χ0n) is 11.0. The van der Waals surface area contributed by atoms with Gasteiger partial charge in [-0.25, -0.2) is 4.39 Å². The van der Waals surface area contributed by atoms with Crippen molar-refractivity contribution < 1.29 is 8.82 Å². The van der Waals surface area contributed by atoms with Gasteiger partial charge in [-0.05, 0) is 38.0 Å². The number of alkyl halides is 1. The van der Waals surface area contributed by atoms with Crippen molar-refractivity contribution in [2.24, 2.45) is 0 Å². The van der Waals surface area contributed by atoms with Crippen LogP contribution < -0.4 is 0 Å². The molecular weight excluding hydrogens is 245 g/mol. The van der Waals surface area contributed by atoms with E-state index in [4.69, 9.17) is 4.43 Å². The van der Waals surface area contributed by atoms with Gasteiger partial charge in [-0.15, -0.1) is 0 Å². The summed E-state index contributed by atoms with van der Waals surface area (Å²) in [6.45, 7) is 5.95. The van der Waals surface area contributed by atoms with E-state index in [-0.39, 0.29) is 0 Å². The Morgan fingerprint density at radius 3 is 2.67 bits per heavy atom. The Labute approximate surface area is 109 Å². The highest BCUT2D eigenvalue weighted by atomic mass is 28.4. The fraction of sp³-hybridized carbons (Fsp3) is 0.500. The van der Waals surface area contributed by atoms with Crippen molar-refractivity contribution >= 4 is 8.32 Å². The number of nitrogens with zero attached hydrogens (tertiary/aromatic N) is 1. The molecule has 1 aliphatic carbocycles. The summed E-state index contributed by atoms with van der Waals surface area (Å²) in [5, 5.41) is 9.53. The molecule has 0 fully saturated rings. The molecule has 0 spiro atoms. The number of nitriles is 1. The molecule has 0 bridgehead atoms. The fourth-order valence-corrected chi connectivity index (χ4v) is 3.76. The summed E-state index contributed by atoms with van der Waals surface area (Å²) >= 11 is 0. The number of benzene rings is 1. The minimum absolute atomic E-state index is 0.356. The van der Waals surface area contributed by atoms with Gasteiger partial charge >= 0.3 is 0 Å². The Hall–Kier alpha value is -1.18. The smallest absolute Gasteiger partial charge is 0.202 e. The van der Waals surface area contributed by atoms with Crippen molar-refractivity contribution in [1.82, 2.24) is 0 Å². The molecule has 0 aliphatic heterocycles. The van der Waals surface area contributed by atoms with Gasteiger partial charge in [0.25, 0.3) is 0 Å². The number of hydrogen-bond acceptors (Lipinski definition) is 2. The second-order valence-electron chi connectivity index (χ2n) is 5.73. The summed E-state index contributed by atoms with van der Waals surface area (Å²) < 4.78 is 20.3. The largest absolute Gasteiger partial charge is 0.394 e. The van der Waals surface area contributed by atoms with E-state index in [2.05, 4.69) is 6.07 Å². The first-order chi connectivity index (χ1) is 8.39. The maximum atomic E-state index is 14.4. The second kappa shape index (κ2) is 4.49. The van der Waals surface area contributed by atoms with Gasteiger partial charge in [-0.1, -0.05) is 24.3 Å². The second-order valence-corrected chi connectivity index (χ2v) is 10.2. The summed E-state index contributed by atoms with van der Waals surface area (Å²) in [5.41, 5.74) is 0.346. The minimum Gasteiger partial charge on any atom is -0.394 e. The molecule has 0 saturated carbocycles. The number of halogens is 1. The lowest BCUT2D eigenvalue weighted by molar-refractivity contribution is 0.0146. The third kappa shape index (κ3) is 2.20. The van der Waals surface area contributed by atoms with Crippen LogP contribution in [0.3, 0.4) is 0 Å². The molecule has 0 radical (unpaired) electrons. The van der Waals surface area contributed by atoms with E-state index in [1.165, 1.54) is 0 Å². The van der Waals surface area contributed by atoms with Crippen LogP contribution in [0.25, 0.3) is 0 Å². The van der Waals surface area contributed by atoms with Crippen molar-refractivity contribution in [2.45, 2.75) is 44.3 Å². The molecule has 18 heavy (non-hydrogen) atoms. The van der Waals surface area contributed by atoms with Crippen LogP contribution in [0.15, 0.2) is 24.3 Å². The monoisotopic (exact) mass is 263 g/mol. The van der Waals surface area contributed by atoms with Gasteiger partial charge in [0.05, 0.1) is 0 Å². The number of rotatable bonds is 2. The Kier molecular flexibility index (Phi) is 3.30. The number of fused-ring (bicyclic) bond motifs is 1. The maximum absolute atomic E-state index is 14.4. The first-order valence-corrected chi connectivity index (χ1v) is 9.64. The predicted octanol–water partition coefficient (Wildman–Crippen LogP) is 3.54. The highest BCUT2D eigenvalue weighted by molar-refractivity contribution is 6.69. The van der Waals surface area contributed by atoms with Crippen LogP contribution in [0.5, 0.6) is 0 Å². The fourth-order valence-electron chi connectivity index (χ4n) is 2.51. The lowest BCUT2D eigenvalue weighted by atomic mass is 9.79. The van der Waals surface area contributed by atoms with Crippen LogP contribution in [-0.2, 0) is 16.4 Å². The van der Waals surface area contributed by atoms with Crippen molar-refractivity contribution in [3.05, 3.63) is 35.4 Å². The first kappa shape index (κ1) is 13.3. The molecule has 0 unspecified atom stereocenters. The molecule has 4 heteroatoms. The Morgan fingerprint density at radius 2 is 2.06 bits per heavy atom. The molecule has 1 aliphatic rings. The predicted molar refractivity (Wildman–Crippen MR) is 71.4 cm³/mol. The third-order valence-corrected chi connectivity index (χ3v) is 4.09. The van der Waals surface area contributed by atoms with Gasteiger partial charge < -0.3 is 4.43 Å². The molecule has 0 saturated heterocycles. The summed E-state index contributed by atoms with van der Waals surface area (Å²) in [7, 11) is -2.01. The van der Waals surface area contributed by atoms with E-state index in [1.807, 2.05) is 43.9 Å². The molecule has 2 rings (SSSR count). The van der Waals surface area contributed by atoms with Crippen LogP contribution in [0.4, 0.5) is 4.39 Å². The molecule has 0 N–H and O–H groups in total. The van der Waals surface area contributed by atoms with E-state index in [1.54, 1.807) is 0 Å². The third-order valence-electron chi connectivity index (χ3n) is 3.16. The standard InChI is InChI=1S/C14H18FNOSi/c1-18(2,3)17-14(10-16)12-7-5-4-6-11(12)8-9-13(14)15/h4-7,13H,8-9H2,1-3H3/t13-,14+/m0/s1. The molecule has 2 nitrogen and oxygen atoms in total. The average molecular weight is 263 g/mol. The van der Waals surface area contributed by atoms with Crippen LogP contribution in [0, 0.1) is 11.3 Å². The highest BCUT2D eigenvalue weighted by Crippen LogP contribution is 2.41. The van der Waals surface area contributed by atoms with Gasteiger partial charge in [0.2, 0.25) is 5.60 Å². The Bertz CT molecular complexity index is 491. The van der Waals surface area contributed by atoms with E-state index in [0.717, 1.165) is 5.56 Å². The Morgan fingerprint density at radius 1 is 1.39 bits per heavy atom. The van der Waals surface area contributed by atoms with E-state index in [9.17, 15) is 9.65 Å². The van der Waals surface area contributed by atoms with Crippen LogP contribution in [0.1, 0.15) is 17.5 Å². The maximum Gasteiger partial charge on any atom is 0.202 e. The summed E-state index contributed by atoms with van der Waals surface area (Å²) in [4.78, 5) is 0. The number of hydrogen-bond donors (Lipinski definition) is 0. The van der Waals surface area contributed by atoms with Crippen LogP contribution >= 0.6 is 0 Å². The van der Waals surface area contributed by atoms with Crippen molar-refractivity contribution in [1.29, 1.82) is 5.26 Å². The minimum atomic E-state index is -2.01. The zero-order chi connectivity index (χ0) is 13.4. The quantitative estimate of drug-likeness (QED) is 0.765. The molecule has 2 atom stereocenters. The van der Waals surface area contributed by atoms with Gasteiger partial charge in [0.15, 0.2) is 8.32 Å². The van der Waals surface area contributed by atoms with Gasteiger partial charge in [-0.2, -0.15) is 5.26 Å². The molecular formula is C14H18FNOSi. The van der Waals surface area contributed by atoms with Gasteiger partial charge in [0.1, 0.15) is 12.2 Å². The lowest BCUT2D eigenvalue weighted by Crippen LogP contribution is -2.48. The SMILES string of the molecule is C[Si](C)(C)O[C@]1(C#N)c2ccccc2CC[C@@H]1F. The molecule has 0 aromatic heterocycles. The summed E-state index contributed by atoms with van der Waals surface area (Å²) in [5.74, 6) is 0. The molecule has 0 heterocycles. The van der Waals surface area contributed by atoms with E-state index in [0.29, 0.717) is 18.4 Å². The zero-order valence-corrected chi connectivity index (χ0v) is 12.0. The van der Waals surface area contributed by atoms with E-state index < -0.39 is 20.1 Å². The Balaban J connectivity index is 2.55. The number of aryl methyl sites for hydroxylation is 1. The van der Waals surface area contributed by atoms with E-state index >= 15 is 0 Å². The van der Waals surface area contributed by atoms with Crippen LogP contribution in [-0.4, -0.2) is 14.5 Å². The normalized spacial score (nSPS) is 27.4. The molecule has 1 aromatic carbocycles. The lowest BCUT2D eigenvalue weighted by Gasteiger charge is -2.40. The molecule has 0 amide bonds. The van der Waals surface area contributed by atoms with Crippen molar-refractivity contribution in [3.63, 3.8) is 0 Å². The van der Waals surface area contributed by atoms with Gasteiger partial charge in [-0.3, -0.25) is 0 Å². The highest BCUT2D eigenvalue weighted by Gasteiger charge is 2.48. The molecule has 96 valence electrons.